The van der Waals surface area contributed by atoms with Crippen LogP contribution in [-0.4, -0.2) is 18.2 Å². The Hall–Kier alpha value is -0.0800. The van der Waals surface area contributed by atoms with Crippen LogP contribution < -0.4 is 5.73 Å². The highest BCUT2D eigenvalue weighted by molar-refractivity contribution is 4.89. The zero-order chi connectivity index (χ0) is 7.78. The molecule has 0 spiro atoms. The van der Waals surface area contributed by atoms with Crippen LogP contribution in [0.25, 0.3) is 0 Å². The summed E-state index contributed by atoms with van der Waals surface area (Å²) in [6.07, 6.45) is 1.12. The molecule has 0 bridgehead atoms. The summed E-state index contributed by atoms with van der Waals surface area (Å²) in [6, 6.07) is 0.262. The minimum absolute atomic E-state index is 0.00810. The van der Waals surface area contributed by atoms with Gasteiger partial charge in [0.05, 0.1) is 5.60 Å². The Kier molecular flexibility index (Phi) is 2.02. The van der Waals surface area contributed by atoms with Crippen LogP contribution in [0.4, 0.5) is 0 Å². The summed E-state index contributed by atoms with van der Waals surface area (Å²) in [7, 11) is 0. The van der Waals surface area contributed by atoms with Gasteiger partial charge in [0.1, 0.15) is 0 Å². The average Bonchev–Trinajstić information content (AvgIpc) is 2.08. The molecule has 60 valence electrons. The first kappa shape index (κ1) is 8.02. The van der Waals surface area contributed by atoms with Gasteiger partial charge in [0.15, 0.2) is 0 Å². The Labute approximate surface area is 62.7 Å². The standard InChI is InChI=1S/C8H17NO/c1-6(9)7-4-5-10-8(7,2)3/h6-7H,4-5,9H2,1-3H3. The van der Waals surface area contributed by atoms with Gasteiger partial charge >= 0.3 is 0 Å². The van der Waals surface area contributed by atoms with E-state index in [-0.39, 0.29) is 11.6 Å². The molecule has 2 atom stereocenters. The largest absolute Gasteiger partial charge is 0.375 e. The summed E-state index contributed by atoms with van der Waals surface area (Å²) in [5, 5.41) is 0. The van der Waals surface area contributed by atoms with Crippen LogP contribution in [0.5, 0.6) is 0 Å². The lowest BCUT2D eigenvalue weighted by Crippen LogP contribution is -2.39. The maximum atomic E-state index is 5.79. The highest BCUT2D eigenvalue weighted by Crippen LogP contribution is 2.32. The molecule has 0 aromatic heterocycles. The lowest BCUT2D eigenvalue weighted by atomic mass is 9.86. The van der Waals surface area contributed by atoms with Crippen molar-refractivity contribution in [3.05, 3.63) is 0 Å². The van der Waals surface area contributed by atoms with Crippen molar-refractivity contribution >= 4 is 0 Å². The third-order valence-corrected chi connectivity index (χ3v) is 2.43. The van der Waals surface area contributed by atoms with Gasteiger partial charge in [0.25, 0.3) is 0 Å². The molecular weight excluding hydrogens is 126 g/mol. The van der Waals surface area contributed by atoms with Crippen LogP contribution in [0.15, 0.2) is 0 Å². The molecule has 1 saturated heterocycles. The summed E-state index contributed by atoms with van der Waals surface area (Å²) in [4.78, 5) is 0. The van der Waals surface area contributed by atoms with E-state index in [1.54, 1.807) is 0 Å². The molecule has 2 unspecified atom stereocenters. The van der Waals surface area contributed by atoms with Crippen LogP contribution >= 0.6 is 0 Å². The lowest BCUT2D eigenvalue weighted by Gasteiger charge is -2.28. The van der Waals surface area contributed by atoms with Crippen molar-refractivity contribution in [2.45, 2.75) is 38.8 Å². The quantitative estimate of drug-likeness (QED) is 0.597. The molecule has 0 amide bonds. The molecule has 0 aromatic carbocycles. The first-order valence-corrected chi connectivity index (χ1v) is 3.93. The van der Waals surface area contributed by atoms with Gasteiger partial charge in [-0.15, -0.1) is 0 Å². The predicted octanol–water partition coefficient (Wildman–Crippen LogP) is 1.15. The SMILES string of the molecule is CC(N)C1CCOC1(C)C. The van der Waals surface area contributed by atoms with Crippen molar-refractivity contribution in [3.8, 4) is 0 Å². The third-order valence-electron chi connectivity index (χ3n) is 2.43. The first-order chi connectivity index (χ1) is 4.54. The summed E-state index contributed by atoms with van der Waals surface area (Å²) < 4.78 is 5.53. The second kappa shape index (κ2) is 2.51. The van der Waals surface area contributed by atoms with Crippen LogP contribution in [-0.2, 0) is 4.74 Å². The molecule has 1 rings (SSSR count). The molecule has 1 fully saturated rings. The van der Waals surface area contributed by atoms with Crippen molar-refractivity contribution in [1.29, 1.82) is 0 Å². The van der Waals surface area contributed by atoms with Gasteiger partial charge in [0.2, 0.25) is 0 Å². The Morgan fingerprint density at radius 1 is 1.60 bits per heavy atom. The summed E-state index contributed by atoms with van der Waals surface area (Å²) >= 11 is 0. The van der Waals surface area contributed by atoms with Crippen molar-refractivity contribution in [1.82, 2.24) is 0 Å². The fourth-order valence-electron chi connectivity index (χ4n) is 1.80. The molecule has 10 heavy (non-hydrogen) atoms. The number of rotatable bonds is 1. The summed E-state index contributed by atoms with van der Waals surface area (Å²) in [5.74, 6) is 0.535. The number of nitrogens with two attached hydrogens (primary N) is 1. The van der Waals surface area contributed by atoms with Gasteiger partial charge in [-0.05, 0) is 27.2 Å². The Bertz CT molecular complexity index is 120. The zero-order valence-corrected chi connectivity index (χ0v) is 7.05. The molecule has 0 radical (unpaired) electrons. The van der Waals surface area contributed by atoms with Gasteiger partial charge in [0, 0.05) is 18.6 Å². The van der Waals surface area contributed by atoms with E-state index in [0.717, 1.165) is 13.0 Å². The van der Waals surface area contributed by atoms with E-state index in [1.165, 1.54) is 0 Å². The van der Waals surface area contributed by atoms with Crippen molar-refractivity contribution < 1.29 is 4.74 Å². The Morgan fingerprint density at radius 3 is 2.40 bits per heavy atom. The van der Waals surface area contributed by atoms with E-state index >= 15 is 0 Å². The molecule has 0 aromatic rings. The molecule has 1 heterocycles. The zero-order valence-electron chi connectivity index (χ0n) is 7.05. The molecule has 2 N–H and O–H groups in total. The molecule has 2 nitrogen and oxygen atoms in total. The van der Waals surface area contributed by atoms with E-state index in [0.29, 0.717) is 5.92 Å². The average molecular weight is 143 g/mol. The molecule has 1 aliphatic rings. The monoisotopic (exact) mass is 143 g/mol. The minimum atomic E-state index is 0.00810. The Balaban J connectivity index is 2.59. The normalized spacial score (nSPS) is 34.2. The first-order valence-electron chi connectivity index (χ1n) is 3.93. The van der Waals surface area contributed by atoms with Gasteiger partial charge in [-0.1, -0.05) is 0 Å². The number of hydrogen-bond donors (Lipinski definition) is 1. The number of ether oxygens (including phenoxy) is 1. The minimum Gasteiger partial charge on any atom is -0.375 e. The van der Waals surface area contributed by atoms with Crippen molar-refractivity contribution in [2.75, 3.05) is 6.61 Å². The number of hydrogen-bond acceptors (Lipinski definition) is 2. The van der Waals surface area contributed by atoms with Crippen LogP contribution in [0.1, 0.15) is 27.2 Å². The predicted molar refractivity (Wildman–Crippen MR) is 41.8 cm³/mol. The smallest absolute Gasteiger partial charge is 0.0670 e. The maximum Gasteiger partial charge on any atom is 0.0670 e. The fourth-order valence-corrected chi connectivity index (χ4v) is 1.80. The van der Waals surface area contributed by atoms with Crippen LogP contribution in [0.2, 0.25) is 0 Å². The Morgan fingerprint density at radius 2 is 2.20 bits per heavy atom. The van der Waals surface area contributed by atoms with Gasteiger partial charge in [-0.3, -0.25) is 0 Å². The molecule has 0 saturated carbocycles. The van der Waals surface area contributed by atoms with E-state index in [1.807, 2.05) is 0 Å². The van der Waals surface area contributed by atoms with Gasteiger partial charge in [-0.2, -0.15) is 0 Å². The summed E-state index contributed by atoms with van der Waals surface area (Å²) in [5.41, 5.74) is 5.80. The second-order valence-corrected chi connectivity index (χ2v) is 3.71. The second-order valence-electron chi connectivity index (χ2n) is 3.71. The van der Waals surface area contributed by atoms with E-state index < -0.39 is 0 Å². The molecular formula is C8H17NO. The molecule has 1 aliphatic heterocycles. The van der Waals surface area contributed by atoms with E-state index in [9.17, 15) is 0 Å². The van der Waals surface area contributed by atoms with E-state index in [2.05, 4.69) is 20.8 Å². The van der Waals surface area contributed by atoms with Gasteiger partial charge in [-0.25, -0.2) is 0 Å². The van der Waals surface area contributed by atoms with Crippen molar-refractivity contribution in [2.24, 2.45) is 11.7 Å². The molecule has 0 aliphatic carbocycles. The van der Waals surface area contributed by atoms with E-state index in [4.69, 9.17) is 10.5 Å². The lowest BCUT2D eigenvalue weighted by molar-refractivity contribution is 0.00659. The fraction of sp³-hybridized carbons (Fsp3) is 1.00. The van der Waals surface area contributed by atoms with Gasteiger partial charge < -0.3 is 10.5 Å². The summed E-state index contributed by atoms with van der Waals surface area (Å²) in [6.45, 7) is 7.17. The van der Waals surface area contributed by atoms with Crippen LogP contribution in [0.3, 0.4) is 0 Å². The highest BCUT2D eigenvalue weighted by atomic mass is 16.5. The maximum absolute atomic E-state index is 5.79. The molecule has 2 heteroatoms. The van der Waals surface area contributed by atoms with Crippen LogP contribution in [0, 0.1) is 5.92 Å². The topological polar surface area (TPSA) is 35.2 Å². The highest BCUT2D eigenvalue weighted by Gasteiger charge is 2.37. The van der Waals surface area contributed by atoms with Crippen molar-refractivity contribution in [3.63, 3.8) is 0 Å². The third kappa shape index (κ3) is 1.32.